The third-order valence-corrected chi connectivity index (χ3v) is 3.87. The highest BCUT2D eigenvalue weighted by molar-refractivity contribution is 6.31. The second-order valence-corrected chi connectivity index (χ2v) is 5.98. The zero-order valence-electron chi connectivity index (χ0n) is 15.1. The molecule has 0 spiro atoms. The lowest BCUT2D eigenvalue weighted by Crippen LogP contribution is -2.10. The van der Waals surface area contributed by atoms with E-state index < -0.39 is 12.1 Å². The maximum absolute atomic E-state index is 12.1. The topological polar surface area (TPSA) is 83.4 Å². The predicted octanol–water partition coefficient (Wildman–Crippen LogP) is 4.23. The fourth-order valence-corrected chi connectivity index (χ4v) is 2.60. The van der Waals surface area contributed by atoms with E-state index in [9.17, 15) is 9.59 Å². The number of hydrogen-bond acceptors (Lipinski definition) is 7. The van der Waals surface area contributed by atoms with Crippen molar-refractivity contribution in [3.63, 3.8) is 0 Å². The third-order valence-electron chi connectivity index (χ3n) is 3.64. The number of nitrogens with zero attached hydrogens (tertiary/aromatic N) is 1. The first kappa shape index (κ1) is 19.4. The lowest BCUT2D eigenvalue weighted by atomic mass is 10.1. The Kier molecular flexibility index (Phi) is 5.96. The molecule has 0 bridgehead atoms. The number of benzene rings is 2. The molecule has 1 heterocycles. The molecule has 0 saturated heterocycles. The van der Waals surface area contributed by atoms with Gasteiger partial charge in [0, 0.05) is 10.6 Å². The van der Waals surface area contributed by atoms with Crippen LogP contribution in [0.15, 0.2) is 53.2 Å². The molecule has 0 radical (unpaired) electrons. The SMILES string of the molecule is CCOC(=O)Oc1ccc(C=C2N=C(c3cccc(Cl)c3)OC2=O)cc1OC. The fourth-order valence-electron chi connectivity index (χ4n) is 2.41. The smallest absolute Gasteiger partial charge is 0.493 e. The average Bonchev–Trinajstić information content (AvgIpc) is 3.03. The van der Waals surface area contributed by atoms with Crippen LogP contribution in [0.5, 0.6) is 11.5 Å². The molecule has 2 aromatic carbocycles. The van der Waals surface area contributed by atoms with E-state index in [1.807, 2.05) is 0 Å². The molecular formula is C20H16ClNO6. The Morgan fingerprint density at radius 3 is 2.75 bits per heavy atom. The van der Waals surface area contributed by atoms with Crippen LogP contribution in [0.3, 0.4) is 0 Å². The van der Waals surface area contributed by atoms with E-state index in [-0.39, 0.29) is 24.0 Å². The van der Waals surface area contributed by atoms with Gasteiger partial charge in [0.15, 0.2) is 17.2 Å². The molecule has 0 unspecified atom stereocenters. The van der Waals surface area contributed by atoms with Crippen LogP contribution in [0.2, 0.25) is 5.02 Å². The van der Waals surface area contributed by atoms with Crippen molar-refractivity contribution in [2.45, 2.75) is 6.92 Å². The number of carbonyl (C=O) groups excluding carboxylic acids is 2. The van der Waals surface area contributed by atoms with Crippen molar-refractivity contribution < 1.29 is 28.5 Å². The second-order valence-electron chi connectivity index (χ2n) is 5.54. The van der Waals surface area contributed by atoms with Crippen LogP contribution in [0.1, 0.15) is 18.1 Å². The molecule has 2 aromatic rings. The van der Waals surface area contributed by atoms with Gasteiger partial charge in [-0.05, 0) is 48.9 Å². The molecule has 0 N–H and O–H groups in total. The summed E-state index contributed by atoms with van der Waals surface area (Å²) in [6.45, 7) is 1.87. The summed E-state index contributed by atoms with van der Waals surface area (Å²) in [5.41, 5.74) is 1.33. The van der Waals surface area contributed by atoms with E-state index in [4.69, 9.17) is 30.5 Å². The quantitative estimate of drug-likeness (QED) is 0.423. The molecule has 3 rings (SSSR count). The van der Waals surface area contributed by atoms with Gasteiger partial charge in [-0.3, -0.25) is 0 Å². The van der Waals surface area contributed by atoms with E-state index in [2.05, 4.69) is 4.99 Å². The Morgan fingerprint density at radius 2 is 2.04 bits per heavy atom. The Balaban J connectivity index is 1.86. The molecule has 0 aliphatic carbocycles. The van der Waals surface area contributed by atoms with Crippen LogP contribution in [-0.4, -0.2) is 31.7 Å². The van der Waals surface area contributed by atoms with Gasteiger partial charge in [-0.2, -0.15) is 0 Å². The van der Waals surface area contributed by atoms with Crippen molar-refractivity contribution in [1.82, 2.24) is 0 Å². The third kappa shape index (κ3) is 4.50. The second kappa shape index (κ2) is 8.58. The monoisotopic (exact) mass is 401 g/mol. The fraction of sp³-hybridized carbons (Fsp3) is 0.150. The van der Waals surface area contributed by atoms with Gasteiger partial charge < -0.3 is 18.9 Å². The van der Waals surface area contributed by atoms with Gasteiger partial charge in [-0.15, -0.1) is 0 Å². The van der Waals surface area contributed by atoms with Gasteiger partial charge in [0.25, 0.3) is 0 Å². The van der Waals surface area contributed by atoms with Crippen LogP contribution in [0.4, 0.5) is 4.79 Å². The largest absolute Gasteiger partial charge is 0.513 e. The van der Waals surface area contributed by atoms with E-state index in [1.54, 1.807) is 43.3 Å². The highest BCUT2D eigenvalue weighted by Crippen LogP contribution is 2.30. The molecule has 1 aliphatic rings. The van der Waals surface area contributed by atoms with Crippen molar-refractivity contribution >= 4 is 35.7 Å². The maximum Gasteiger partial charge on any atom is 0.513 e. The minimum Gasteiger partial charge on any atom is -0.493 e. The number of ether oxygens (including phenoxy) is 4. The minimum atomic E-state index is -0.831. The number of aliphatic imine (C=N–C) groups is 1. The van der Waals surface area contributed by atoms with Crippen LogP contribution in [-0.2, 0) is 14.3 Å². The van der Waals surface area contributed by atoms with Crippen LogP contribution in [0, 0.1) is 0 Å². The first-order valence-electron chi connectivity index (χ1n) is 8.31. The Bertz CT molecular complexity index is 982. The summed E-state index contributed by atoms with van der Waals surface area (Å²) in [7, 11) is 1.43. The summed E-state index contributed by atoms with van der Waals surface area (Å²) in [5.74, 6) is 0.0850. The summed E-state index contributed by atoms with van der Waals surface area (Å²) in [4.78, 5) is 27.8. The number of esters is 1. The van der Waals surface area contributed by atoms with Crippen LogP contribution in [0.25, 0.3) is 6.08 Å². The molecule has 144 valence electrons. The molecule has 1 aliphatic heterocycles. The number of rotatable bonds is 5. The molecular weight excluding hydrogens is 386 g/mol. The molecule has 7 nitrogen and oxygen atoms in total. The standard InChI is InChI=1S/C20H16ClNO6/c1-3-26-20(24)27-16-8-7-12(10-17(16)25-2)9-15-19(23)28-18(22-15)13-5-4-6-14(21)11-13/h4-11H,3H2,1-2H3. The highest BCUT2D eigenvalue weighted by Gasteiger charge is 2.24. The van der Waals surface area contributed by atoms with Crippen LogP contribution >= 0.6 is 11.6 Å². The predicted molar refractivity (Wildman–Crippen MR) is 103 cm³/mol. The molecule has 8 heteroatoms. The van der Waals surface area contributed by atoms with Gasteiger partial charge in [-0.25, -0.2) is 14.6 Å². The van der Waals surface area contributed by atoms with Crippen molar-refractivity contribution in [1.29, 1.82) is 0 Å². The highest BCUT2D eigenvalue weighted by atomic mass is 35.5. The Morgan fingerprint density at radius 1 is 1.21 bits per heavy atom. The zero-order chi connectivity index (χ0) is 20.1. The Labute approximate surface area is 166 Å². The van der Waals surface area contributed by atoms with Crippen molar-refractivity contribution in [3.05, 3.63) is 64.3 Å². The summed E-state index contributed by atoms with van der Waals surface area (Å²) in [6.07, 6.45) is 0.707. The number of carbonyl (C=O) groups is 2. The van der Waals surface area contributed by atoms with Gasteiger partial charge in [0.05, 0.1) is 13.7 Å². The van der Waals surface area contributed by atoms with Gasteiger partial charge >= 0.3 is 12.1 Å². The summed E-state index contributed by atoms with van der Waals surface area (Å²) in [6, 6.07) is 11.6. The first-order chi connectivity index (χ1) is 13.5. The maximum atomic E-state index is 12.1. The van der Waals surface area contributed by atoms with Gasteiger partial charge in [-0.1, -0.05) is 23.7 Å². The lowest BCUT2D eigenvalue weighted by Gasteiger charge is -2.09. The molecule has 0 amide bonds. The lowest BCUT2D eigenvalue weighted by molar-refractivity contribution is -0.129. The van der Waals surface area contributed by atoms with Gasteiger partial charge in [0.2, 0.25) is 5.90 Å². The van der Waals surface area contributed by atoms with E-state index >= 15 is 0 Å². The zero-order valence-corrected chi connectivity index (χ0v) is 15.9. The Hall–Kier alpha value is -3.32. The molecule has 0 atom stereocenters. The van der Waals surface area contributed by atoms with E-state index in [0.29, 0.717) is 21.9 Å². The molecule has 28 heavy (non-hydrogen) atoms. The van der Waals surface area contributed by atoms with Crippen molar-refractivity contribution in [2.75, 3.05) is 13.7 Å². The van der Waals surface area contributed by atoms with E-state index in [0.717, 1.165) is 0 Å². The minimum absolute atomic E-state index is 0.121. The van der Waals surface area contributed by atoms with Crippen molar-refractivity contribution in [2.24, 2.45) is 4.99 Å². The van der Waals surface area contributed by atoms with Gasteiger partial charge in [0.1, 0.15) is 0 Å². The molecule has 0 saturated carbocycles. The summed E-state index contributed by atoms with van der Waals surface area (Å²) >= 11 is 5.96. The number of methoxy groups -OCH3 is 1. The van der Waals surface area contributed by atoms with Crippen LogP contribution < -0.4 is 9.47 Å². The van der Waals surface area contributed by atoms with E-state index in [1.165, 1.54) is 19.3 Å². The first-order valence-corrected chi connectivity index (χ1v) is 8.69. The molecule has 0 fully saturated rings. The number of cyclic esters (lactones) is 1. The van der Waals surface area contributed by atoms with Crippen molar-refractivity contribution in [3.8, 4) is 11.5 Å². The normalized spacial score (nSPS) is 14.5. The summed E-state index contributed by atoms with van der Waals surface area (Å²) < 4.78 is 20.3. The number of halogens is 1. The average molecular weight is 402 g/mol. The summed E-state index contributed by atoms with van der Waals surface area (Å²) in [5, 5.41) is 0.510. The number of hydrogen-bond donors (Lipinski definition) is 0. The molecule has 0 aromatic heterocycles.